The summed E-state index contributed by atoms with van der Waals surface area (Å²) in [5.41, 5.74) is 1.91. The fourth-order valence-electron chi connectivity index (χ4n) is 2.62. The predicted octanol–water partition coefficient (Wildman–Crippen LogP) is 4.95. The molecule has 1 aliphatic rings. The molecule has 158 valence electrons. The van der Waals surface area contributed by atoms with Crippen molar-refractivity contribution in [1.82, 2.24) is 4.90 Å². The number of halogens is 1. The third-order valence-corrected chi connectivity index (χ3v) is 5.97. The van der Waals surface area contributed by atoms with Crippen molar-refractivity contribution >= 4 is 51.9 Å². The summed E-state index contributed by atoms with van der Waals surface area (Å²) in [7, 11) is 1.66. The summed E-state index contributed by atoms with van der Waals surface area (Å²) in [5.74, 6) is 1.32. The van der Waals surface area contributed by atoms with Crippen molar-refractivity contribution in [3.63, 3.8) is 0 Å². The highest BCUT2D eigenvalue weighted by atomic mass is 35.5. The van der Waals surface area contributed by atoms with Crippen LogP contribution in [-0.2, 0) is 9.53 Å². The molecule has 0 aliphatic carbocycles. The molecule has 0 atom stereocenters. The fraction of sp³-hybridized carbons (Fsp3) is 0.273. The minimum atomic E-state index is -0.132. The smallest absolute Gasteiger partial charge is 0.265 e. The molecule has 2 aromatic carbocycles. The van der Waals surface area contributed by atoms with Crippen LogP contribution in [0.4, 0.5) is 0 Å². The molecule has 1 fully saturated rings. The van der Waals surface area contributed by atoms with Crippen molar-refractivity contribution in [3.05, 3.63) is 63.5 Å². The molecule has 1 amide bonds. The summed E-state index contributed by atoms with van der Waals surface area (Å²) in [6.45, 7) is 3.74. The number of likely N-dealkylation sites (N-methyl/N-ethyl adjacent to an activating group) is 1. The van der Waals surface area contributed by atoms with Crippen LogP contribution in [0.5, 0.6) is 11.5 Å². The lowest BCUT2D eigenvalue weighted by molar-refractivity contribution is -0.121. The highest BCUT2D eigenvalue weighted by Crippen LogP contribution is 2.34. The summed E-state index contributed by atoms with van der Waals surface area (Å²) in [6.07, 6.45) is 1.75. The van der Waals surface area contributed by atoms with Gasteiger partial charge in [-0.15, -0.1) is 0 Å². The normalized spacial score (nSPS) is 15.2. The number of thiocarbonyl (C=S) groups is 1. The van der Waals surface area contributed by atoms with Crippen LogP contribution >= 0.6 is 35.6 Å². The van der Waals surface area contributed by atoms with Crippen LogP contribution in [0.15, 0.2) is 47.4 Å². The van der Waals surface area contributed by atoms with E-state index in [1.54, 1.807) is 31.3 Å². The van der Waals surface area contributed by atoms with Crippen LogP contribution in [0.2, 0.25) is 5.02 Å². The van der Waals surface area contributed by atoms with E-state index in [2.05, 4.69) is 0 Å². The van der Waals surface area contributed by atoms with E-state index in [1.165, 1.54) is 22.2 Å². The molecule has 1 saturated heterocycles. The maximum atomic E-state index is 12.2. The van der Waals surface area contributed by atoms with Gasteiger partial charge >= 0.3 is 0 Å². The van der Waals surface area contributed by atoms with E-state index in [0.29, 0.717) is 46.4 Å². The topological polar surface area (TPSA) is 48.0 Å². The maximum absolute atomic E-state index is 12.2. The monoisotopic (exact) mass is 463 g/mol. The van der Waals surface area contributed by atoms with Crippen molar-refractivity contribution in [2.24, 2.45) is 0 Å². The SMILES string of the molecule is Cc1ccc(OCCOCCOc2ccc(Cl)cc2C=C2SC(=S)N(C)C2=O)cc1. The second kappa shape index (κ2) is 10.8. The van der Waals surface area contributed by atoms with Crippen LogP contribution in [-0.4, -0.2) is 48.6 Å². The first kappa shape index (κ1) is 22.6. The highest BCUT2D eigenvalue weighted by Gasteiger charge is 2.29. The van der Waals surface area contributed by atoms with Gasteiger partial charge in [0.1, 0.15) is 29.0 Å². The Balaban J connectivity index is 1.47. The maximum Gasteiger partial charge on any atom is 0.265 e. The fourth-order valence-corrected chi connectivity index (χ4v) is 3.97. The zero-order valence-corrected chi connectivity index (χ0v) is 19.1. The first-order valence-corrected chi connectivity index (χ1v) is 11.0. The van der Waals surface area contributed by atoms with Gasteiger partial charge in [-0.05, 0) is 43.3 Å². The number of nitrogens with zero attached hydrogens (tertiary/aromatic N) is 1. The van der Waals surface area contributed by atoms with E-state index in [1.807, 2.05) is 31.2 Å². The summed E-state index contributed by atoms with van der Waals surface area (Å²) < 4.78 is 17.6. The van der Waals surface area contributed by atoms with Crippen molar-refractivity contribution < 1.29 is 19.0 Å². The number of thioether (sulfide) groups is 1. The van der Waals surface area contributed by atoms with Crippen molar-refractivity contribution in [2.45, 2.75) is 6.92 Å². The third kappa shape index (κ3) is 6.22. The number of benzene rings is 2. The Morgan fingerprint density at radius 1 is 1.07 bits per heavy atom. The molecule has 0 spiro atoms. The number of hydrogen-bond acceptors (Lipinski definition) is 6. The third-order valence-electron chi connectivity index (χ3n) is 4.25. The van der Waals surface area contributed by atoms with Gasteiger partial charge in [-0.3, -0.25) is 9.69 Å². The molecule has 0 unspecified atom stereocenters. The first-order chi connectivity index (χ1) is 14.4. The van der Waals surface area contributed by atoms with Crippen LogP contribution in [0.25, 0.3) is 6.08 Å². The molecular formula is C22H22ClNO4S2. The second-order valence-electron chi connectivity index (χ2n) is 6.55. The van der Waals surface area contributed by atoms with E-state index in [0.717, 1.165) is 11.3 Å². The average molecular weight is 464 g/mol. The Kier molecular flexibility index (Phi) is 8.16. The van der Waals surface area contributed by atoms with Gasteiger partial charge in [0.05, 0.1) is 18.1 Å². The lowest BCUT2D eigenvalue weighted by atomic mass is 10.2. The molecule has 1 heterocycles. The van der Waals surface area contributed by atoms with E-state index in [-0.39, 0.29) is 5.91 Å². The van der Waals surface area contributed by atoms with Gasteiger partial charge in [0.25, 0.3) is 5.91 Å². The largest absolute Gasteiger partial charge is 0.491 e. The molecule has 0 saturated carbocycles. The van der Waals surface area contributed by atoms with Crippen LogP contribution < -0.4 is 9.47 Å². The first-order valence-electron chi connectivity index (χ1n) is 9.35. The molecule has 0 radical (unpaired) electrons. The van der Waals surface area contributed by atoms with Gasteiger partial charge in [-0.25, -0.2) is 0 Å². The lowest BCUT2D eigenvalue weighted by Gasteiger charge is -2.11. The van der Waals surface area contributed by atoms with Crippen molar-refractivity contribution in [3.8, 4) is 11.5 Å². The zero-order valence-electron chi connectivity index (χ0n) is 16.7. The zero-order chi connectivity index (χ0) is 21.5. The van der Waals surface area contributed by atoms with Gasteiger partial charge in [-0.2, -0.15) is 0 Å². The Morgan fingerprint density at radius 2 is 1.77 bits per heavy atom. The van der Waals surface area contributed by atoms with Gasteiger partial charge < -0.3 is 14.2 Å². The number of ether oxygens (including phenoxy) is 3. The number of hydrogen-bond donors (Lipinski definition) is 0. The van der Waals surface area contributed by atoms with Crippen LogP contribution in [0, 0.1) is 6.92 Å². The summed E-state index contributed by atoms with van der Waals surface area (Å²) in [6, 6.07) is 13.2. The van der Waals surface area contributed by atoms with Crippen LogP contribution in [0.3, 0.4) is 0 Å². The molecule has 3 rings (SSSR count). The van der Waals surface area contributed by atoms with Crippen molar-refractivity contribution in [1.29, 1.82) is 0 Å². The van der Waals surface area contributed by atoms with Crippen molar-refractivity contribution in [2.75, 3.05) is 33.5 Å². The Bertz CT molecular complexity index is 947. The Hall–Kier alpha value is -2.06. The van der Waals surface area contributed by atoms with Crippen LogP contribution in [0.1, 0.15) is 11.1 Å². The molecule has 2 aromatic rings. The molecule has 5 nitrogen and oxygen atoms in total. The number of carbonyl (C=O) groups is 1. The standard InChI is InChI=1S/C22H22ClNO4S2/c1-15-3-6-18(7-4-15)27-11-9-26-10-12-28-19-8-5-17(23)13-16(19)14-20-21(25)24(2)22(29)30-20/h3-8,13-14H,9-12H2,1-2H3. The number of amides is 1. The van der Waals surface area contributed by atoms with Gasteiger partial charge in [0.2, 0.25) is 0 Å². The summed E-state index contributed by atoms with van der Waals surface area (Å²) in [5, 5.41) is 0.560. The van der Waals surface area contributed by atoms with E-state index in [4.69, 9.17) is 38.0 Å². The highest BCUT2D eigenvalue weighted by molar-refractivity contribution is 8.26. The Morgan fingerprint density at radius 3 is 2.43 bits per heavy atom. The predicted molar refractivity (Wildman–Crippen MR) is 125 cm³/mol. The second-order valence-corrected chi connectivity index (χ2v) is 8.66. The number of carbonyl (C=O) groups excluding carboxylic acids is 1. The molecule has 1 aliphatic heterocycles. The quantitative estimate of drug-likeness (QED) is 0.298. The Labute approximate surface area is 190 Å². The van der Waals surface area contributed by atoms with E-state index in [9.17, 15) is 4.79 Å². The van der Waals surface area contributed by atoms with Gasteiger partial charge in [0.15, 0.2) is 0 Å². The summed E-state index contributed by atoms with van der Waals surface area (Å²) in [4.78, 5) is 14.2. The number of rotatable bonds is 9. The molecule has 0 N–H and O–H groups in total. The van der Waals surface area contributed by atoms with E-state index < -0.39 is 0 Å². The molecule has 30 heavy (non-hydrogen) atoms. The molecular weight excluding hydrogens is 442 g/mol. The average Bonchev–Trinajstić information content (AvgIpc) is 2.96. The lowest BCUT2D eigenvalue weighted by Crippen LogP contribution is -2.22. The minimum absolute atomic E-state index is 0.132. The van der Waals surface area contributed by atoms with Gasteiger partial charge in [0, 0.05) is 17.6 Å². The molecule has 0 bridgehead atoms. The van der Waals surface area contributed by atoms with Gasteiger partial charge in [-0.1, -0.05) is 53.3 Å². The van der Waals surface area contributed by atoms with E-state index >= 15 is 0 Å². The molecule has 0 aromatic heterocycles. The minimum Gasteiger partial charge on any atom is -0.491 e. The number of aryl methyl sites for hydroxylation is 1. The summed E-state index contributed by atoms with van der Waals surface area (Å²) >= 11 is 12.6. The molecule has 8 heteroatoms.